The van der Waals surface area contributed by atoms with E-state index in [1.165, 1.54) is 6.07 Å². The Morgan fingerprint density at radius 2 is 2.07 bits per heavy atom. The van der Waals surface area contributed by atoms with Crippen LogP contribution in [0.1, 0.15) is 42.5 Å². The molecule has 29 heavy (non-hydrogen) atoms. The second-order valence-electron chi connectivity index (χ2n) is 7.45. The minimum absolute atomic E-state index is 0.103. The van der Waals surface area contributed by atoms with Gasteiger partial charge in [-0.15, -0.1) is 11.8 Å². The minimum atomic E-state index is -0.576. The molecule has 0 bridgehead atoms. The Balaban J connectivity index is 1.72. The van der Waals surface area contributed by atoms with Crippen LogP contribution in [-0.4, -0.2) is 28.7 Å². The average molecular weight is 416 g/mol. The number of rotatable bonds is 8. The summed E-state index contributed by atoms with van der Waals surface area (Å²) in [6.45, 7) is 4.33. The topological polar surface area (TPSA) is 59.4 Å². The van der Waals surface area contributed by atoms with Gasteiger partial charge in [-0.25, -0.2) is 9.37 Å². The third kappa shape index (κ3) is 5.67. The SMILES string of the molecule is C=C(CC(=O)c1cc(F)cnc1Oc1cccc(SC)c1)C1CCC(CO)CC1. The van der Waals surface area contributed by atoms with Gasteiger partial charge in [0.2, 0.25) is 5.88 Å². The number of thioether (sulfide) groups is 1. The highest BCUT2D eigenvalue weighted by Crippen LogP contribution is 2.35. The number of halogens is 1. The third-order valence-corrected chi connectivity index (χ3v) is 6.17. The Kier molecular flexibility index (Phi) is 7.45. The molecule has 1 N–H and O–H groups in total. The van der Waals surface area contributed by atoms with Crippen molar-refractivity contribution in [2.45, 2.75) is 37.0 Å². The molecule has 2 aromatic rings. The molecule has 0 saturated heterocycles. The summed E-state index contributed by atoms with van der Waals surface area (Å²) in [4.78, 5) is 17.9. The quantitative estimate of drug-likeness (QED) is 0.342. The van der Waals surface area contributed by atoms with Crippen LogP contribution in [-0.2, 0) is 0 Å². The van der Waals surface area contributed by atoms with E-state index in [4.69, 9.17) is 4.74 Å². The Hall–Kier alpha value is -2.18. The molecule has 3 rings (SSSR count). The lowest BCUT2D eigenvalue weighted by molar-refractivity contribution is 0.0983. The monoisotopic (exact) mass is 415 g/mol. The normalized spacial score (nSPS) is 19.0. The van der Waals surface area contributed by atoms with Gasteiger partial charge in [0.1, 0.15) is 11.6 Å². The molecule has 0 unspecified atom stereocenters. The van der Waals surface area contributed by atoms with Gasteiger partial charge in [0.25, 0.3) is 0 Å². The van der Waals surface area contributed by atoms with Crippen LogP contribution < -0.4 is 4.74 Å². The highest BCUT2D eigenvalue weighted by Gasteiger charge is 2.25. The Morgan fingerprint density at radius 1 is 1.31 bits per heavy atom. The van der Waals surface area contributed by atoms with Crippen LogP contribution in [0.2, 0.25) is 0 Å². The van der Waals surface area contributed by atoms with Crippen molar-refractivity contribution in [2.75, 3.05) is 12.9 Å². The molecule has 1 aliphatic carbocycles. The Labute approximate surface area is 175 Å². The van der Waals surface area contributed by atoms with Crippen LogP contribution in [0.4, 0.5) is 4.39 Å². The minimum Gasteiger partial charge on any atom is -0.438 e. The average Bonchev–Trinajstić information content (AvgIpc) is 2.75. The van der Waals surface area contributed by atoms with Gasteiger partial charge in [0.05, 0.1) is 11.8 Å². The van der Waals surface area contributed by atoms with Gasteiger partial charge >= 0.3 is 0 Å². The van der Waals surface area contributed by atoms with E-state index in [9.17, 15) is 14.3 Å². The third-order valence-electron chi connectivity index (χ3n) is 5.44. The molecule has 0 aliphatic heterocycles. The lowest BCUT2D eigenvalue weighted by atomic mass is 9.78. The number of aliphatic hydroxyl groups is 1. The Bertz CT molecular complexity index is 878. The second-order valence-corrected chi connectivity index (χ2v) is 8.33. The second kappa shape index (κ2) is 10.0. The summed E-state index contributed by atoms with van der Waals surface area (Å²) >= 11 is 1.58. The van der Waals surface area contributed by atoms with Crippen LogP contribution >= 0.6 is 11.8 Å². The predicted octanol–water partition coefficient (Wildman–Crippen LogP) is 5.66. The number of pyridine rings is 1. The molecule has 1 heterocycles. The number of Topliss-reactive ketones (excluding diaryl/α,β-unsaturated/α-hetero) is 1. The van der Waals surface area contributed by atoms with E-state index in [0.29, 0.717) is 11.7 Å². The van der Waals surface area contributed by atoms with Gasteiger partial charge in [0.15, 0.2) is 5.78 Å². The summed E-state index contributed by atoms with van der Waals surface area (Å²) in [5.41, 5.74) is 0.982. The predicted molar refractivity (Wildman–Crippen MR) is 113 cm³/mol. The highest BCUT2D eigenvalue weighted by atomic mass is 32.2. The van der Waals surface area contributed by atoms with E-state index >= 15 is 0 Å². The number of carbonyl (C=O) groups is 1. The summed E-state index contributed by atoms with van der Waals surface area (Å²) in [6, 6.07) is 8.62. The van der Waals surface area contributed by atoms with Gasteiger partial charge in [0, 0.05) is 17.9 Å². The van der Waals surface area contributed by atoms with Crippen molar-refractivity contribution in [3.63, 3.8) is 0 Å². The fourth-order valence-electron chi connectivity index (χ4n) is 3.68. The summed E-state index contributed by atoms with van der Waals surface area (Å²) < 4.78 is 19.6. The van der Waals surface area contributed by atoms with Gasteiger partial charge < -0.3 is 9.84 Å². The van der Waals surface area contributed by atoms with Crippen molar-refractivity contribution in [3.8, 4) is 11.6 Å². The number of nitrogens with zero attached hydrogens (tertiary/aromatic N) is 1. The largest absolute Gasteiger partial charge is 0.438 e. The number of hydrogen-bond acceptors (Lipinski definition) is 5. The first kappa shape index (κ1) is 21.5. The van der Waals surface area contributed by atoms with E-state index in [-0.39, 0.29) is 36.2 Å². The molecule has 0 amide bonds. The van der Waals surface area contributed by atoms with Crippen molar-refractivity contribution in [1.29, 1.82) is 0 Å². The number of ketones is 1. The van der Waals surface area contributed by atoms with Gasteiger partial charge in [-0.2, -0.15) is 0 Å². The fourth-order valence-corrected chi connectivity index (χ4v) is 4.13. The number of aliphatic hydroxyl groups excluding tert-OH is 1. The lowest BCUT2D eigenvalue weighted by Gasteiger charge is -2.28. The Morgan fingerprint density at radius 3 is 2.76 bits per heavy atom. The number of benzene rings is 1. The van der Waals surface area contributed by atoms with Gasteiger partial charge in [-0.1, -0.05) is 18.2 Å². The molecule has 1 saturated carbocycles. The zero-order chi connectivity index (χ0) is 20.8. The molecular formula is C23H26FNO3S. The van der Waals surface area contributed by atoms with Crippen LogP contribution in [0.25, 0.3) is 0 Å². The molecule has 154 valence electrons. The number of aromatic nitrogens is 1. The molecule has 0 radical (unpaired) electrons. The summed E-state index contributed by atoms with van der Waals surface area (Å²) in [5, 5.41) is 9.29. The molecule has 0 spiro atoms. The number of hydrogen-bond donors (Lipinski definition) is 1. The maximum atomic E-state index is 13.8. The number of allylic oxidation sites excluding steroid dienone is 1. The first-order valence-electron chi connectivity index (χ1n) is 9.79. The number of ether oxygens (including phenoxy) is 1. The van der Waals surface area contributed by atoms with Crippen LogP contribution in [0, 0.1) is 17.7 Å². The maximum Gasteiger partial charge on any atom is 0.230 e. The van der Waals surface area contributed by atoms with E-state index in [1.54, 1.807) is 17.8 Å². The van der Waals surface area contributed by atoms with Crippen LogP contribution in [0.5, 0.6) is 11.6 Å². The van der Waals surface area contributed by atoms with Gasteiger partial charge in [-0.3, -0.25) is 4.79 Å². The van der Waals surface area contributed by atoms with E-state index in [2.05, 4.69) is 11.6 Å². The molecular weight excluding hydrogens is 389 g/mol. The summed E-state index contributed by atoms with van der Waals surface area (Å²) in [5.74, 6) is 0.428. The molecule has 6 heteroatoms. The van der Waals surface area contributed by atoms with Crippen molar-refractivity contribution >= 4 is 17.5 Å². The summed E-state index contributed by atoms with van der Waals surface area (Å²) in [7, 11) is 0. The van der Waals surface area contributed by atoms with Crippen molar-refractivity contribution in [1.82, 2.24) is 4.98 Å². The fraction of sp³-hybridized carbons (Fsp3) is 0.391. The molecule has 1 aromatic carbocycles. The lowest BCUT2D eigenvalue weighted by Crippen LogP contribution is -2.19. The standard InChI is InChI=1S/C23H26FNO3S/c1-15(17-8-6-16(14-26)7-9-17)10-22(27)21-11-18(24)13-25-23(21)28-19-4-3-5-20(12-19)29-2/h3-5,11-13,16-17,26H,1,6-10,14H2,2H3. The van der Waals surface area contributed by atoms with Crippen LogP contribution in [0.15, 0.2) is 53.6 Å². The molecule has 1 fully saturated rings. The summed E-state index contributed by atoms with van der Waals surface area (Å²) in [6.07, 6.45) is 6.87. The van der Waals surface area contributed by atoms with E-state index in [0.717, 1.165) is 42.3 Å². The maximum absolute atomic E-state index is 13.8. The smallest absolute Gasteiger partial charge is 0.230 e. The van der Waals surface area contributed by atoms with E-state index < -0.39 is 5.82 Å². The first-order valence-corrected chi connectivity index (χ1v) is 11.0. The molecule has 1 aromatic heterocycles. The number of carbonyl (C=O) groups excluding carboxylic acids is 1. The van der Waals surface area contributed by atoms with Gasteiger partial charge in [-0.05, 0) is 68.0 Å². The zero-order valence-corrected chi connectivity index (χ0v) is 17.4. The zero-order valence-electron chi connectivity index (χ0n) is 16.6. The molecule has 1 aliphatic rings. The molecule has 4 nitrogen and oxygen atoms in total. The highest BCUT2D eigenvalue weighted by molar-refractivity contribution is 7.98. The van der Waals surface area contributed by atoms with Crippen molar-refractivity contribution in [2.24, 2.45) is 11.8 Å². The molecule has 0 atom stereocenters. The first-order chi connectivity index (χ1) is 14.0. The van der Waals surface area contributed by atoms with Crippen molar-refractivity contribution < 1.29 is 19.0 Å². The van der Waals surface area contributed by atoms with Crippen LogP contribution in [0.3, 0.4) is 0 Å². The van der Waals surface area contributed by atoms with E-state index in [1.807, 2.05) is 24.5 Å². The van der Waals surface area contributed by atoms with Crippen molar-refractivity contribution in [3.05, 3.63) is 60.1 Å².